The molecule has 0 saturated carbocycles. The second-order valence-corrected chi connectivity index (χ2v) is 6.61. The molecule has 136 valence electrons. The minimum absolute atomic E-state index is 0.103. The van der Waals surface area contributed by atoms with Crippen LogP contribution >= 0.6 is 0 Å². The van der Waals surface area contributed by atoms with E-state index in [1.54, 1.807) is 19.9 Å². The molecule has 0 spiro atoms. The predicted molar refractivity (Wildman–Crippen MR) is 98.1 cm³/mol. The van der Waals surface area contributed by atoms with Crippen molar-refractivity contribution in [1.82, 2.24) is 10.6 Å². The lowest BCUT2D eigenvalue weighted by molar-refractivity contribution is -0.127. The monoisotopic (exact) mass is 355 g/mol. The summed E-state index contributed by atoms with van der Waals surface area (Å²) in [7, 11) is 0. The van der Waals surface area contributed by atoms with Crippen molar-refractivity contribution in [2.24, 2.45) is 0 Å². The molecule has 0 aliphatic carbocycles. The number of nitrogens with one attached hydrogen (secondary N) is 3. The highest BCUT2D eigenvalue weighted by Gasteiger charge is 2.26. The van der Waals surface area contributed by atoms with E-state index in [2.05, 4.69) is 16.0 Å². The summed E-state index contributed by atoms with van der Waals surface area (Å²) in [6.07, 6.45) is 0.572. The van der Waals surface area contributed by atoms with Crippen LogP contribution in [0, 0.1) is 12.7 Å². The van der Waals surface area contributed by atoms with Crippen molar-refractivity contribution < 1.29 is 14.0 Å². The summed E-state index contributed by atoms with van der Waals surface area (Å²) in [5, 5.41) is 8.39. The Morgan fingerprint density at radius 3 is 2.65 bits per heavy atom. The standard InChI is InChI=1S/C20H22FN3O2/c1-12-7-8-17(16(21)9-12)24-19(25)13(2)23-20(26)18-10-14-5-3-4-6-15(14)11-22-18/h3-9,13,18,22H,10-11H2,1-2H3,(H,23,26)(H,24,25). The van der Waals surface area contributed by atoms with Gasteiger partial charge in [0.25, 0.3) is 0 Å². The number of hydrogen-bond donors (Lipinski definition) is 3. The Hall–Kier alpha value is -2.73. The first-order valence-corrected chi connectivity index (χ1v) is 8.61. The molecule has 0 radical (unpaired) electrons. The summed E-state index contributed by atoms with van der Waals surface area (Å²) in [5.41, 5.74) is 3.18. The lowest BCUT2D eigenvalue weighted by Crippen LogP contribution is -2.52. The van der Waals surface area contributed by atoms with E-state index < -0.39 is 23.8 Å². The van der Waals surface area contributed by atoms with E-state index >= 15 is 0 Å². The van der Waals surface area contributed by atoms with Crippen molar-refractivity contribution in [3.05, 3.63) is 65.0 Å². The van der Waals surface area contributed by atoms with Crippen LogP contribution in [0.4, 0.5) is 10.1 Å². The number of carbonyl (C=O) groups excluding carboxylic acids is 2. The molecule has 3 rings (SSSR count). The number of benzene rings is 2. The molecule has 5 nitrogen and oxygen atoms in total. The Labute approximate surface area is 152 Å². The molecule has 6 heteroatoms. The van der Waals surface area contributed by atoms with Gasteiger partial charge in [-0.3, -0.25) is 9.59 Å². The molecule has 0 aromatic heterocycles. The van der Waals surface area contributed by atoms with Gasteiger partial charge >= 0.3 is 0 Å². The Morgan fingerprint density at radius 1 is 1.19 bits per heavy atom. The van der Waals surface area contributed by atoms with E-state index in [1.165, 1.54) is 17.7 Å². The number of amides is 2. The van der Waals surface area contributed by atoms with Crippen molar-refractivity contribution in [3.8, 4) is 0 Å². The fourth-order valence-electron chi connectivity index (χ4n) is 2.98. The second-order valence-electron chi connectivity index (χ2n) is 6.61. The van der Waals surface area contributed by atoms with Gasteiger partial charge in [-0.1, -0.05) is 30.3 Å². The summed E-state index contributed by atoms with van der Waals surface area (Å²) in [4.78, 5) is 24.7. The molecule has 2 unspecified atom stereocenters. The zero-order valence-electron chi connectivity index (χ0n) is 14.8. The van der Waals surface area contributed by atoms with Crippen LogP contribution in [0.15, 0.2) is 42.5 Å². The zero-order chi connectivity index (χ0) is 18.7. The zero-order valence-corrected chi connectivity index (χ0v) is 14.8. The number of hydrogen-bond acceptors (Lipinski definition) is 3. The average molecular weight is 355 g/mol. The van der Waals surface area contributed by atoms with E-state index in [0.717, 1.165) is 11.1 Å². The van der Waals surface area contributed by atoms with E-state index in [4.69, 9.17) is 0 Å². The molecule has 0 bridgehead atoms. The van der Waals surface area contributed by atoms with Gasteiger partial charge in [-0.25, -0.2) is 4.39 Å². The van der Waals surface area contributed by atoms with E-state index in [1.807, 2.05) is 24.3 Å². The number of anilines is 1. The topological polar surface area (TPSA) is 70.2 Å². The maximum absolute atomic E-state index is 13.9. The summed E-state index contributed by atoms with van der Waals surface area (Å²) < 4.78 is 13.9. The molecule has 1 aliphatic heterocycles. The Balaban J connectivity index is 1.58. The lowest BCUT2D eigenvalue weighted by Gasteiger charge is -2.26. The molecule has 1 aliphatic rings. The molecule has 0 fully saturated rings. The maximum atomic E-state index is 13.9. The van der Waals surface area contributed by atoms with Gasteiger partial charge in [0.15, 0.2) is 0 Å². The normalized spacial score (nSPS) is 17.1. The highest BCUT2D eigenvalue weighted by molar-refractivity contribution is 5.97. The van der Waals surface area contributed by atoms with Crippen LogP contribution in [0.5, 0.6) is 0 Å². The van der Waals surface area contributed by atoms with Crippen molar-refractivity contribution >= 4 is 17.5 Å². The van der Waals surface area contributed by atoms with Gasteiger partial charge in [-0.05, 0) is 49.1 Å². The molecule has 2 aromatic rings. The molecule has 2 aromatic carbocycles. The quantitative estimate of drug-likeness (QED) is 0.788. The van der Waals surface area contributed by atoms with E-state index in [-0.39, 0.29) is 11.6 Å². The summed E-state index contributed by atoms with van der Waals surface area (Å²) in [5.74, 6) is -1.20. The van der Waals surface area contributed by atoms with Gasteiger partial charge in [0, 0.05) is 6.54 Å². The van der Waals surface area contributed by atoms with Crippen LogP contribution in [0.2, 0.25) is 0 Å². The summed E-state index contributed by atoms with van der Waals surface area (Å²) in [6.45, 7) is 3.96. The van der Waals surface area contributed by atoms with E-state index in [0.29, 0.717) is 13.0 Å². The summed E-state index contributed by atoms with van der Waals surface area (Å²) in [6, 6.07) is 11.4. The molecule has 3 N–H and O–H groups in total. The minimum atomic E-state index is -0.776. The highest BCUT2D eigenvalue weighted by atomic mass is 19.1. The van der Waals surface area contributed by atoms with Crippen molar-refractivity contribution in [2.75, 3.05) is 5.32 Å². The molecule has 0 saturated heterocycles. The third-order valence-electron chi connectivity index (χ3n) is 4.53. The Kier molecular flexibility index (Phi) is 5.32. The van der Waals surface area contributed by atoms with Gasteiger partial charge < -0.3 is 16.0 Å². The number of carbonyl (C=O) groups is 2. The largest absolute Gasteiger partial charge is 0.343 e. The first-order valence-electron chi connectivity index (χ1n) is 8.61. The van der Waals surface area contributed by atoms with Crippen LogP contribution in [0.25, 0.3) is 0 Å². The fraction of sp³-hybridized carbons (Fsp3) is 0.300. The van der Waals surface area contributed by atoms with Crippen LogP contribution in [0.1, 0.15) is 23.6 Å². The Morgan fingerprint density at radius 2 is 1.92 bits per heavy atom. The maximum Gasteiger partial charge on any atom is 0.246 e. The van der Waals surface area contributed by atoms with E-state index in [9.17, 15) is 14.0 Å². The van der Waals surface area contributed by atoms with Gasteiger partial charge in [0.1, 0.15) is 11.9 Å². The van der Waals surface area contributed by atoms with Crippen LogP contribution in [-0.2, 0) is 22.6 Å². The average Bonchev–Trinajstić information content (AvgIpc) is 2.63. The third kappa shape index (κ3) is 4.08. The molecule has 2 atom stereocenters. The van der Waals surface area contributed by atoms with Crippen molar-refractivity contribution in [2.45, 2.75) is 38.9 Å². The molecular weight excluding hydrogens is 333 g/mol. The number of rotatable bonds is 4. The first kappa shape index (κ1) is 18.1. The predicted octanol–water partition coefficient (Wildman–Crippen LogP) is 2.29. The highest BCUT2D eigenvalue weighted by Crippen LogP contribution is 2.17. The fourth-order valence-corrected chi connectivity index (χ4v) is 2.98. The molecule has 2 amide bonds. The lowest BCUT2D eigenvalue weighted by atomic mass is 9.95. The van der Waals surface area contributed by atoms with Gasteiger partial charge in [0.2, 0.25) is 11.8 Å². The Bertz CT molecular complexity index is 838. The van der Waals surface area contributed by atoms with Crippen LogP contribution in [-0.4, -0.2) is 23.9 Å². The van der Waals surface area contributed by atoms with Crippen LogP contribution in [0.3, 0.4) is 0 Å². The van der Waals surface area contributed by atoms with Crippen molar-refractivity contribution in [3.63, 3.8) is 0 Å². The first-order chi connectivity index (χ1) is 12.4. The minimum Gasteiger partial charge on any atom is -0.343 e. The molecule has 26 heavy (non-hydrogen) atoms. The SMILES string of the molecule is Cc1ccc(NC(=O)C(C)NC(=O)C2Cc3ccccc3CN2)c(F)c1. The smallest absolute Gasteiger partial charge is 0.246 e. The van der Waals surface area contributed by atoms with Crippen LogP contribution < -0.4 is 16.0 Å². The number of aryl methyl sites for hydroxylation is 1. The summed E-state index contributed by atoms with van der Waals surface area (Å²) >= 11 is 0. The van der Waals surface area contributed by atoms with Gasteiger partial charge in [0.05, 0.1) is 11.7 Å². The molecule has 1 heterocycles. The van der Waals surface area contributed by atoms with Gasteiger partial charge in [-0.15, -0.1) is 0 Å². The van der Waals surface area contributed by atoms with Gasteiger partial charge in [-0.2, -0.15) is 0 Å². The van der Waals surface area contributed by atoms with Crippen molar-refractivity contribution in [1.29, 1.82) is 0 Å². The molecular formula is C20H22FN3O2. The number of fused-ring (bicyclic) bond motifs is 1. The third-order valence-corrected chi connectivity index (χ3v) is 4.53. The second kappa shape index (κ2) is 7.66. The number of halogens is 1.